The third-order valence-electron chi connectivity index (χ3n) is 4.19. The van der Waals surface area contributed by atoms with Gasteiger partial charge in [0.1, 0.15) is 5.75 Å². The second-order valence-corrected chi connectivity index (χ2v) is 5.97. The average molecular weight is 319 g/mol. The number of nitrogens with one attached hydrogen (secondary N) is 1. The Balaban J connectivity index is 1.78. The first kappa shape index (κ1) is 17.3. The molecule has 1 aliphatic rings. The van der Waals surface area contributed by atoms with Crippen LogP contribution >= 0.6 is 0 Å². The Kier molecular flexibility index (Phi) is 6.44. The quantitative estimate of drug-likeness (QED) is 0.819. The second kappa shape index (κ2) is 8.56. The Labute approximate surface area is 137 Å². The summed E-state index contributed by atoms with van der Waals surface area (Å²) in [4.78, 5) is 23.5. The molecule has 0 spiro atoms. The van der Waals surface area contributed by atoms with Crippen molar-refractivity contribution in [3.05, 3.63) is 29.8 Å². The van der Waals surface area contributed by atoms with Crippen LogP contribution in [0, 0.1) is 5.92 Å². The predicted octanol–water partition coefficient (Wildman–Crippen LogP) is 2.94. The zero-order chi connectivity index (χ0) is 16.7. The van der Waals surface area contributed by atoms with Gasteiger partial charge < -0.3 is 14.8 Å². The lowest BCUT2D eigenvalue weighted by molar-refractivity contribution is -0.124. The van der Waals surface area contributed by atoms with Gasteiger partial charge in [0.25, 0.3) is 5.91 Å². The molecule has 5 heteroatoms. The fraction of sp³-hybridized carbons (Fsp3) is 0.556. The summed E-state index contributed by atoms with van der Waals surface area (Å²) >= 11 is 0. The van der Waals surface area contributed by atoms with Crippen LogP contribution in [-0.2, 0) is 9.53 Å². The molecule has 0 bridgehead atoms. The maximum Gasteiger partial charge on any atom is 0.338 e. The maximum atomic E-state index is 12.0. The van der Waals surface area contributed by atoms with E-state index in [9.17, 15) is 9.59 Å². The summed E-state index contributed by atoms with van der Waals surface area (Å²) in [5.41, 5.74) is 0.472. The van der Waals surface area contributed by atoms with Crippen LogP contribution < -0.4 is 10.1 Å². The zero-order valence-corrected chi connectivity index (χ0v) is 13.8. The molecule has 1 aromatic carbocycles. The summed E-state index contributed by atoms with van der Waals surface area (Å²) in [6.07, 6.45) is 4.63. The van der Waals surface area contributed by atoms with Crippen LogP contribution in [0.5, 0.6) is 5.75 Å². The molecule has 1 N–H and O–H groups in total. The largest absolute Gasteiger partial charge is 0.484 e. The molecule has 0 saturated heterocycles. The van der Waals surface area contributed by atoms with Gasteiger partial charge in [0.2, 0.25) is 0 Å². The molecule has 0 radical (unpaired) electrons. The summed E-state index contributed by atoms with van der Waals surface area (Å²) in [5.74, 6) is 0.628. The number of hydrogen-bond donors (Lipinski definition) is 1. The number of amides is 1. The Morgan fingerprint density at radius 1 is 1.17 bits per heavy atom. The van der Waals surface area contributed by atoms with E-state index in [4.69, 9.17) is 9.47 Å². The summed E-state index contributed by atoms with van der Waals surface area (Å²) in [5, 5.41) is 3.05. The van der Waals surface area contributed by atoms with E-state index in [0.717, 1.165) is 6.42 Å². The van der Waals surface area contributed by atoms with Gasteiger partial charge in [0.15, 0.2) is 6.61 Å². The highest BCUT2D eigenvalue weighted by atomic mass is 16.5. The molecule has 23 heavy (non-hydrogen) atoms. The van der Waals surface area contributed by atoms with Gasteiger partial charge in [-0.05, 0) is 49.9 Å². The minimum atomic E-state index is -0.358. The van der Waals surface area contributed by atoms with Gasteiger partial charge in [-0.1, -0.05) is 19.8 Å². The summed E-state index contributed by atoms with van der Waals surface area (Å²) < 4.78 is 10.4. The molecule has 1 aromatic rings. The summed E-state index contributed by atoms with van der Waals surface area (Å²) in [6, 6.07) is 6.86. The van der Waals surface area contributed by atoms with Crippen molar-refractivity contribution in [2.45, 2.75) is 45.6 Å². The molecule has 2 atom stereocenters. The van der Waals surface area contributed by atoms with Crippen LogP contribution in [0.4, 0.5) is 0 Å². The van der Waals surface area contributed by atoms with E-state index in [0.29, 0.717) is 23.8 Å². The van der Waals surface area contributed by atoms with E-state index in [1.54, 1.807) is 31.2 Å². The van der Waals surface area contributed by atoms with Crippen molar-refractivity contribution in [1.29, 1.82) is 0 Å². The summed E-state index contributed by atoms with van der Waals surface area (Å²) in [7, 11) is 0. The minimum absolute atomic E-state index is 0.0119. The highest BCUT2D eigenvalue weighted by Gasteiger charge is 2.22. The molecule has 0 unspecified atom stereocenters. The molecular formula is C18H25NO4. The van der Waals surface area contributed by atoms with Gasteiger partial charge in [-0.25, -0.2) is 4.79 Å². The molecule has 2 rings (SSSR count). The first-order valence-corrected chi connectivity index (χ1v) is 8.29. The van der Waals surface area contributed by atoms with Crippen LogP contribution in [-0.4, -0.2) is 31.1 Å². The van der Waals surface area contributed by atoms with Crippen LogP contribution in [0.15, 0.2) is 24.3 Å². The van der Waals surface area contributed by atoms with Crippen LogP contribution in [0.2, 0.25) is 0 Å². The van der Waals surface area contributed by atoms with Crippen molar-refractivity contribution in [2.24, 2.45) is 5.92 Å². The van der Waals surface area contributed by atoms with Crippen molar-refractivity contribution >= 4 is 11.9 Å². The van der Waals surface area contributed by atoms with E-state index in [-0.39, 0.29) is 24.5 Å². The molecule has 1 aliphatic carbocycles. The smallest absolute Gasteiger partial charge is 0.338 e. The first-order chi connectivity index (χ1) is 11.1. The average Bonchev–Trinajstić information content (AvgIpc) is 2.56. The van der Waals surface area contributed by atoms with Gasteiger partial charge in [-0.15, -0.1) is 0 Å². The molecule has 0 heterocycles. The lowest BCUT2D eigenvalue weighted by atomic mass is 9.86. The fourth-order valence-corrected chi connectivity index (χ4v) is 2.83. The number of hydrogen-bond acceptors (Lipinski definition) is 4. The molecule has 1 amide bonds. The van der Waals surface area contributed by atoms with E-state index in [1.165, 1.54) is 19.3 Å². The monoisotopic (exact) mass is 319 g/mol. The first-order valence-electron chi connectivity index (χ1n) is 8.29. The fourth-order valence-electron chi connectivity index (χ4n) is 2.83. The highest BCUT2D eigenvalue weighted by molar-refractivity contribution is 5.89. The third-order valence-corrected chi connectivity index (χ3v) is 4.19. The third kappa shape index (κ3) is 5.27. The van der Waals surface area contributed by atoms with Gasteiger partial charge >= 0.3 is 5.97 Å². The van der Waals surface area contributed by atoms with E-state index in [1.807, 2.05) is 0 Å². The maximum absolute atomic E-state index is 12.0. The Hall–Kier alpha value is -2.04. The zero-order valence-electron chi connectivity index (χ0n) is 13.8. The molecular weight excluding hydrogens is 294 g/mol. The number of ether oxygens (including phenoxy) is 2. The van der Waals surface area contributed by atoms with E-state index >= 15 is 0 Å². The topological polar surface area (TPSA) is 64.6 Å². The van der Waals surface area contributed by atoms with E-state index in [2.05, 4.69) is 12.2 Å². The minimum Gasteiger partial charge on any atom is -0.484 e. The van der Waals surface area contributed by atoms with Gasteiger partial charge in [-0.3, -0.25) is 4.79 Å². The van der Waals surface area contributed by atoms with Crippen molar-refractivity contribution in [3.63, 3.8) is 0 Å². The SMILES string of the molecule is CCOC(=O)c1ccc(OCC(=O)N[C@@H]2CCCC[C@H]2C)cc1. The van der Waals surface area contributed by atoms with Crippen molar-refractivity contribution in [1.82, 2.24) is 5.32 Å². The lowest BCUT2D eigenvalue weighted by Crippen LogP contribution is -2.43. The number of benzene rings is 1. The Morgan fingerprint density at radius 2 is 1.87 bits per heavy atom. The van der Waals surface area contributed by atoms with E-state index < -0.39 is 0 Å². The number of esters is 1. The predicted molar refractivity (Wildman–Crippen MR) is 87.5 cm³/mol. The summed E-state index contributed by atoms with van der Waals surface area (Å²) in [6.45, 7) is 4.28. The molecule has 1 fully saturated rings. The van der Waals surface area contributed by atoms with Crippen LogP contribution in [0.3, 0.4) is 0 Å². The Bertz CT molecular complexity index is 526. The lowest BCUT2D eigenvalue weighted by Gasteiger charge is -2.29. The van der Waals surface area contributed by atoms with Crippen molar-refractivity contribution in [2.75, 3.05) is 13.2 Å². The van der Waals surface area contributed by atoms with Crippen molar-refractivity contribution < 1.29 is 19.1 Å². The van der Waals surface area contributed by atoms with Gasteiger partial charge in [0, 0.05) is 6.04 Å². The molecule has 0 aromatic heterocycles. The number of carbonyl (C=O) groups excluding carboxylic acids is 2. The van der Waals surface area contributed by atoms with Crippen LogP contribution in [0.1, 0.15) is 49.9 Å². The van der Waals surface area contributed by atoms with Gasteiger partial charge in [0.05, 0.1) is 12.2 Å². The molecule has 5 nitrogen and oxygen atoms in total. The van der Waals surface area contributed by atoms with Gasteiger partial charge in [-0.2, -0.15) is 0 Å². The van der Waals surface area contributed by atoms with Crippen molar-refractivity contribution in [3.8, 4) is 5.75 Å². The highest BCUT2D eigenvalue weighted by Crippen LogP contribution is 2.23. The Morgan fingerprint density at radius 3 is 2.52 bits per heavy atom. The second-order valence-electron chi connectivity index (χ2n) is 5.97. The molecule has 0 aliphatic heterocycles. The standard InChI is InChI=1S/C18H25NO4/c1-3-22-18(21)14-8-10-15(11-9-14)23-12-17(20)19-16-7-5-4-6-13(16)2/h8-11,13,16H,3-7,12H2,1-2H3,(H,19,20)/t13-,16-/m1/s1. The molecule has 1 saturated carbocycles. The van der Waals surface area contributed by atoms with Crippen LogP contribution in [0.25, 0.3) is 0 Å². The normalized spacial score (nSPS) is 20.6. The number of rotatable bonds is 6. The molecule has 126 valence electrons. The number of carbonyl (C=O) groups is 2.